The number of amides is 1. The number of hydrogen-bond acceptors (Lipinski definition) is 6. The number of hydrogen-bond donors (Lipinski definition) is 1. The number of anilines is 1. The summed E-state index contributed by atoms with van der Waals surface area (Å²) in [7, 11) is 0. The van der Waals surface area contributed by atoms with Crippen molar-refractivity contribution in [2.75, 3.05) is 11.9 Å². The molecule has 0 bridgehead atoms. The number of carbonyl (C=O) groups excluding carboxylic acids is 1. The van der Waals surface area contributed by atoms with Crippen molar-refractivity contribution in [3.05, 3.63) is 41.1 Å². The van der Waals surface area contributed by atoms with Gasteiger partial charge in [0.1, 0.15) is 12.3 Å². The Morgan fingerprint density at radius 3 is 2.83 bits per heavy atom. The number of ether oxygens (including phenoxy) is 1. The van der Waals surface area contributed by atoms with E-state index in [1.807, 2.05) is 35.9 Å². The summed E-state index contributed by atoms with van der Waals surface area (Å²) in [4.78, 5) is 13.3. The third kappa shape index (κ3) is 3.92. The van der Waals surface area contributed by atoms with Gasteiger partial charge in [-0.05, 0) is 47.8 Å². The van der Waals surface area contributed by atoms with Crippen molar-refractivity contribution >= 4 is 22.9 Å². The van der Waals surface area contributed by atoms with E-state index in [4.69, 9.17) is 4.74 Å². The molecule has 2 aromatic heterocycles. The summed E-state index contributed by atoms with van der Waals surface area (Å²) in [5.41, 5.74) is 1.59. The second-order valence-corrected chi connectivity index (χ2v) is 5.44. The number of aromatic nitrogens is 4. The molecule has 0 aliphatic heterocycles. The van der Waals surface area contributed by atoms with Crippen LogP contribution in [-0.2, 0) is 11.3 Å². The molecule has 0 fully saturated rings. The van der Waals surface area contributed by atoms with Crippen LogP contribution in [0, 0.1) is 0 Å². The van der Waals surface area contributed by atoms with Gasteiger partial charge in [0.2, 0.25) is 11.7 Å². The minimum absolute atomic E-state index is 0.00431. The van der Waals surface area contributed by atoms with Crippen LogP contribution in [0.4, 0.5) is 5.69 Å². The third-order valence-electron chi connectivity index (χ3n) is 2.97. The molecule has 0 spiro atoms. The van der Waals surface area contributed by atoms with Crippen molar-refractivity contribution in [2.24, 2.45) is 0 Å². The average Bonchev–Trinajstić information content (AvgIpc) is 3.20. The smallest absolute Gasteiger partial charge is 0.248 e. The van der Waals surface area contributed by atoms with Gasteiger partial charge in [-0.15, -0.1) is 10.2 Å². The number of nitrogens with one attached hydrogen (secondary N) is 1. The van der Waals surface area contributed by atoms with Crippen molar-refractivity contribution in [2.45, 2.75) is 13.5 Å². The number of benzene rings is 1. The fourth-order valence-electron chi connectivity index (χ4n) is 1.95. The summed E-state index contributed by atoms with van der Waals surface area (Å²) in [5, 5.41) is 18.7. The van der Waals surface area contributed by atoms with Crippen LogP contribution in [0.15, 0.2) is 41.1 Å². The van der Waals surface area contributed by atoms with E-state index in [1.165, 1.54) is 4.80 Å². The predicted molar refractivity (Wildman–Crippen MR) is 87.4 cm³/mol. The van der Waals surface area contributed by atoms with E-state index in [0.717, 1.165) is 11.3 Å². The van der Waals surface area contributed by atoms with Gasteiger partial charge in [-0.25, -0.2) is 0 Å². The number of tetrazole rings is 1. The van der Waals surface area contributed by atoms with E-state index in [1.54, 1.807) is 23.5 Å². The first-order chi connectivity index (χ1) is 11.2. The molecular weight excluding hydrogens is 314 g/mol. The third-order valence-corrected chi connectivity index (χ3v) is 3.65. The summed E-state index contributed by atoms with van der Waals surface area (Å²) in [6.07, 6.45) is 0. The lowest BCUT2D eigenvalue weighted by atomic mass is 10.3. The highest BCUT2D eigenvalue weighted by atomic mass is 32.1. The Morgan fingerprint density at radius 1 is 1.30 bits per heavy atom. The molecule has 0 radical (unpaired) electrons. The summed E-state index contributed by atoms with van der Waals surface area (Å²) < 4.78 is 5.36. The molecule has 7 nitrogen and oxygen atoms in total. The maximum Gasteiger partial charge on any atom is 0.248 e. The zero-order chi connectivity index (χ0) is 16.1. The molecule has 8 heteroatoms. The van der Waals surface area contributed by atoms with Crippen molar-refractivity contribution in [1.29, 1.82) is 0 Å². The van der Waals surface area contributed by atoms with E-state index < -0.39 is 0 Å². The molecule has 0 unspecified atom stereocenters. The van der Waals surface area contributed by atoms with Crippen LogP contribution >= 0.6 is 11.3 Å². The van der Waals surface area contributed by atoms with Gasteiger partial charge in [-0.1, -0.05) is 0 Å². The zero-order valence-corrected chi connectivity index (χ0v) is 13.3. The molecule has 0 saturated carbocycles. The van der Waals surface area contributed by atoms with Crippen LogP contribution in [-0.4, -0.2) is 32.7 Å². The van der Waals surface area contributed by atoms with Crippen LogP contribution in [0.2, 0.25) is 0 Å². The fourth-order valence-corrected chi connectivity index (χ4v) is 2.58. The van der Waals surface area contributed by atoms with Crippen molar-refractivity contribution in [3.8, 4) is 17.1 Å². The highest BCUT2D eigenvalue weighted by molar-refractivity contribution is 7.08. The van der Waals surface area contributed by atoms with Crippen LogP contribution in [0.1, 0.15) is 6.92 Å². The van der Waals surface area contributed by atoms with E-state index in [0.29, 0.717) is 18.1 Å². The quantitative estimate of drug-likeness (QED) is 0.751. The first-order valence-corrected chi connectivity index (χ1v) is 8.02. The van der Waals surface area contributed by atoms with E-state index >= 15 is 0 Å². The lowest BCUT2D eigenvalue weighted by Crippen LogP contribution is -2.20. The maximum absolute atomic E-state index is 12.0. The monoisotopic (exact) mass is 329 g/mol. The van der Waals surface area contributed by atoms with E-state index in [2.05, 4.69) is 20.7 Å². The number of thiophene rings is 1. The molecule has 23 heavy (non-hydrogen) atoms. The van der Waals surface area contributed by atoms with Gasteiger partial charge in [0, 0.05) is 16.6 Å². The second kappa shape index (κ2) is 7.01. The Labute approximate surface area is 136 Å². The lowest BCUT2D eigenvalue weighted by Gasteiger charge is -2.06. The van der Waals surface area contributed by atoms with Crippen molar-refractivity contribution in [3.63, 3.8) is 0 Å². The summed E-state index contributed by atoms with van der Waals surface area (Å²) in [6, 6.07) is 9.10. The van der Waals surface area contributed by atoms with Crippen molar-refractivity contribution in [1.82, 2.24) is 20.2 Å². The Balaban J connectivity index is 1.59. The van der Waals surface area contributed by atoms with Gasteiger partial charge in [0.15, 0.2) is 0 Å². The summed E-state index contributed by atoms with van der Waals surface area (Å²) in [6.45, 7) is 2.53. The summed E-state index contributed by atoms with van der Waals surface area (Å²) in [5.74, 6) is 1.06. The Bertz CT molecular complexity index is 768. The molecule has 1 amide bonds. The topological polar surface area (TPSA) is 81.9 Å². The van der Waals surface area contributed by atoms with Crippen LogP contribution in [0.3, 0.4) is 0 Å². The molecular formula is C15H15N5O2S. The van der Waals surface area contributed by atoms with Gasteiger partial charge < -0.3 is 10.1 Å². The molecule has 0 saturated heterocycles. The first-order valence-electron chi connectivity index (χ1n) is 7.07. The number of rotatable bonds is 6. The SMILES string of the molecule is CCOc1ccc(NC(=O)Cn2nnc(-c3ccsc3)n2)cc1. The zero-order valence-electron chi connectivity index (χ0n) is 12.5. The molecule has 1 aromatic carbocycles. The summed E-state index contributed by atoms with van der Waals surface area (Å²) >= 11 is 1.56. The first kappa shape index (κ1) is 15.2. The second-order valence-electron chi connectivity index (χ2n) is 4.66. The fraction of sp³-hybridized carbons (Fsp3) is 0.200. The average molecular weight is 329 g/mol. The Kier molecular flexibility index (Phi) is 4.62. The number of carbonyl (C=O) groups is 1. The van der Waals surface area contributed by atoms with Gasteiger partial charge in [0.25, 0.3) is 0 Å². The Morgan fingerprint density at radius 2 is 2.13 bits per heavy atom. The molecule has 3 aromatic rings. The predicted octanol–water partition coefficient (Wildman–Crippen LogP) is 2.44. The molecule has 2 heterocycles. The van der Waals surface area contributed by atoms with Gasteiger partial charge >= 0.3 is 0 Å². The maximum atomic E-state index is 12.0. The number of nitrogens with zero attached hydrogens (tertiary/aromatic N) is 4. The molecule has 0 atom stereocenters. The van der Waals surface area contributed by atoms with Gasteiger partial charge in [-0.3, -0.25) is 4.79 Å². The van der Waals surface area contributed by atoms with Gasteiger partial charge in [-0.2, -0.15) is 16.1 Å². The van der Waals surface area contributed by atoms with Crippen LogP contribution in [0.25, 0.3) is 11.4 Å². The van der Waals surface area contributed by atoms with E-state index in [9.17, 15) is 4.79 Å². The lowest BCUT2D eigenvalue weighted by molar-refractivity contribution is -0.117. The highest BCUT2D eigenvalue weighted by Crippen LogP contribution is 2.17. The molecule has 0 aliphatic carbocycles. The van der Waals surface area contributed by atoms with E-state index in [-0.39, 0.29) is 12.5 Å². The molecule has 0 aliphatic rings. The van der Waals surface area contributed by atoms with Gasteiger partial charge in [0.05, 0.1) is 6.61 Å². The van der Waals surface area contributed by atoms with Crippen LogP contribution in [0.5, 0.6) is 5.75 Å². The molecule has 118 valence electrons. The molecule has 1 N–H and O–H groups in total. The van der Waals surface area contributed by atoms with Crippen LogP contribution < -0.4 is 10.1 Å². The van der Waals surface area contributed by atoms with Crippen molar-refractivity contribution < 1.29 is 9.53 Å². The minimum Gasteiger partial charge on any atom is -0.494 e. The Hall–Kier alpha value is -2.74. The standard InChI is InChI=1S/C15H15N5O2S/c1-2-22-13-5-3-12(4-6-13)16-14(21)9-20-18-15(17-19-20)11-7-8-23-10-11/h3-8,10H,2,9H2,1H3,(H,16,21). The minimum atomic E-state index is -0.219. The molecule has 3 rings (SSSR count). The largest absolute Gasteiger partial charge is 0.494 e. The highest BCUT2D eigenvalue weighted by Gasteiger charge is 2.09. The normalized spacial score (nSPS) is 10.5.